The Bertz CT molecular complexity index is 438. The molecule has 0 aliphatic rings. The maximum atomic E-state index is 10.7. The van der Waals surface area contributed by atoms with E-state index >= 15 is 0 Å². The Morgan fingerprint density at radius 2 is 2.22 bits per heavy atom. The Morgan fingerprint density at radius 3 is 2.78 bits per heavy atom. The standard InChI is InChI=1S/C12H17ClN2O3/c1-8(3-4-16)7-14-11-5-9(2)12(15(17)18)6-10(11)13/h5-6,8,14,16H,3-4,7H2,1-2H3. The maximum Gasteiger partial charge on any atom is 0.273 e. The Hall–Kier alpha value is -1.33. The molecule has 1 aromatic carbocycles. The van der Waals surface area contributed by atoms with Gasteiger partial charge in [-0.1, -0.05) is 18.5 Å². The number of nitro groups is 1. The first-order valence-electron chi connectivity index (χ1n) is 5.75. The minimum atomic E-state index is -0.445. The zero-order valence-electron chi connectivity index (χ0n) is 10.4. The number of aliphatic hydroxyl groups excluding tert-OH is 1. The fraction of sp³-hybridized carbons (Fsp3) is 0.500. The SMILES string of the molecule is Cc1cc(NCC(C)CCO)c(Cl)cc1[N+](=O)[O-]. The average Bonchev–Trinajstić information content (AvgIpc) is 2.29. The molecule has 5 nitrogen and oxygen atoms in total. The van der Waals surface area contributed by atoms with E-state index in [9.17, 15) is 10.1 Å². The number of anilines is 1. The summed E-state index contributed by atoms with van der Waals surface area (Å²) in [7, 11) is 0. The van der Waals surface area contributed by atoms with Crippen molar-refractivity contribution >= 4 is 23.0 Å². The van der Waals surface area contributed by atoms with E-state index in [-0.39, 0.29) is 12.3 Å². The third-order valence-electron chi connectivity index (χ3n) is 2.75. The van der Waals surface area contributed by atoms with E-state index < -0.39 is 4.92 Å². The highest BCUT2D eigenvalue weighted by Crippen LogP contribution is 2.30. The topological polar surface area (TPSA) is 75.4 Å². The molecule has 1 aromatic rings. The van der Waals surface area contributed by atoms with Crippen molar-refractivity contribution in [1.29, 1.82) is 0 Å². The van der Waals surface area contributed by atoms with Crippen molar-refractivity contribution in [2.75, 3.05) is 18.5 Å². The quantitative estimate of drug-likeness (QED) is 0.617. The number of rotatable bonds is 6. The van der Waals surface area contributed by atoms with Crippen LogP contribution in [0.2, 0.25) is 5.02 Å². The lowest BCUT2D eigenvalue weighted by molar-refractivity contribution is -0.385. The Morgan fingerprint density at radius 1 is 1.56 bits per heavy atom. The van der Waals surface area contributed by atoms with E-state index in [2.05, 4.69) is 5.32 Å². The number of nitro benzene ring substituents is 1. The lowest BCUT2D eigenvalue weighted by atomic mass is 10.1. The Kier molecular flexibility index (Phi) is 5.37. The first-order valence-corrected chi connectivity index (χ1v) is 6.12. The molecule has 18 heavy (non-hydrogen) atoms. The summed E-state index contributed by atoms with van der Waals surface area (Å²) < 4.78 is 0. The predicted molar refractivity (Wildman–Crippen MR) is 72.2 cm³/mol. The number of nitrogens with one attached hydrogen (secondary N) is 1. The average molecular weight is 273 g/mol. The van der Waals surface area contributed by atoms with Gasteiger partial charge in [-0.3, -0.25) is 10.1 Å². The minimum Gasteiger partial charge on any atom is -0.396 e. The van der Waals surface area contributed by atoms with Crippen LogP contribution in [0.25, 0.3) is 0 Å². The van der Waals surface area contributed by atoms with Crippen LogP contribution < -0.4 is 5.32 Å². The minimum absolute atomic E-state index is 0.0222. The van der Waals surface area contributed by atoms with Crippen LogP contribution in [0.4, 0.5) is 11.4 Å². The zero-order chi connectivity index (χ0) is 13.7. The Balaban J connectivity index is 2.79. The van der Waals surface area contributed by atoms with Gasteiger partial charge in [-0.2, -0.15) is 0 Å². The van der Waals surface area contributed by atoms with Crippen LogP contribution in [0, 0.1) is 23.0 Å². The van der Waals surface area contributed by atoms with Crippen LogP contribution >= 0.6 is 11.6 Å². The Labute approximate surface area is 111 Å². The second-order valence-corrected chi connectivity index (χ2v) is 4.78. The summed E-state index contributed by atoms with van der Waals surface area (Å²) in [5.74, 6) is 0.307. The molecule has 1 unspecified atom stereocenters. The molecular formula is C12H17ClN2O3. The van der Waals surface area contributed by atoms with Crippen molar-refractivity contribution < 1.29 is 10.0 Å². The summed E-state index contributed by atoms with van der Waals surface area (Å²) in [5, 5.41) is 23.0. The molecule has 0 saturated heterocycles. The molecule has 1 rings (SSSR count). The van der Waals surface area contributed by atoms with Crippen molar-refractivity contribution in [3.8, 4) is 0 Å². The van der Waals surface area contributed by atoms with Gasteiger partial charge >= 0.3 is 0 Å². The summed E-state index contributed by atoms with van der Waals surface area (Å²) in [5.41, 5.74) is 1.28. The summed E-state index contributed by atoms with van der Waals surface area (Å²) in [6, 6.07) is 3.03. The van der Waals surface area contributed by atoms with Gasteiger partial charge in [-0.15, -0.1) is 0 Å². The normalized spacial score (nSPS) is 12.2. The van der Waals surface area contributed by atoms with E-state index in [1.165, 1.54) is 6.07 Å². The molecule has 6 heteroatoms. The smallest absolute Gasteiger partial charge is 0.273 e. The van der Waals surface area contributed by atoms with Crippen molar-refractivity contribution in [3.63, 3.8) is 0 Å². The van der Waals surface area contributed by atoms with E-state index in [0.29, 0.717) is 35.2 Å². The first-order chi connectivity index (χ1) is 8.45. The number of halogens is 1. The second kappa shape index (κ2) is 6.56. The lowest BCUT2D eigenvalue weighted by Gasteiger charge is -2.14. The van der Waals surface area contributed by atoms with Crippen LogP contribution in [-0.4, -0.2) is 23.2 Å². The molecule has 0 aliphatic heterocycles. The lowest BCUT2D eigenvalue weighted by Crippen LogP contribution is -2.13. The number of hydrogen-bond acceptors (Lipinski definition) is 4. The number of aliphatic hydroxyl groups is 1. The molecule has 0 amide bonds. The third-order valence-corrected chi connectivity index (χ3v) is 3.06. The number of hydrogen-bond donors (Lipinski definition) is 2. The van der Waals surface area contributed by atoms with E-state index in [1.807, 2.05) is 6.92 Å². The van der Waals surface area contributed by atoms with Gasteiger partial charge in [-0.05, 0) is 25.3 Å². The monoisotopic (exact) mass is 272 g/mol. The van der Waals surface area contributed by atoms with E-state index in [1.54, 1.807) is 13.0 Å². The number of aryl methyl sites for hydroxylation is 1. The van der Waals surface area contributed by atoms with Gasteiger partial charge in [-0.25, -0.2) is 0 Å². The van der Waals surface area contributed by atoms with Gasteiger partial charge in [0, 0.05) is 24.8 Å². The molecule has 0 heterocycles. The van der Waals surface area contributed by atoms with Crippen LogP contribution in [-0.2, 0) is 0 Å². The van der Waals surface area contributed by atoms with Crippen molar-refractivity contribution in [2.24, 2.45) is 5.92 Å². The van der Waals surface area contributed by atoms with Crippen molar-refractivity contribution in [3.05, 3.63) is 32.8 Å². The summed E-state index contributed by atoms with van der Waals surface area (Å²) in [6.07, 6.45) is 0.705. The predicted octanol–water partition coefficient (Wildman–Crippen LogP) is 2.99. The molecule has 0 saturated carbocycles. The third kappa shape index (κ3) is 3.85. The van der Waals surface area contributed by atoms with Crippen molar-refractivity contribution in [2.45, 2.75) is 20.3 Å². The number of benzene rings is 1. The van der Waals surface area contributed by atoms with Crippen LogP contribution in [0.5, 0.6) is 0 Å². The highest BCUT2D eigenvalue weighted by molar-refractivity contribution is 6.33. The maximum absolute atomic E-state index is 10.7. The van der Waals surface area contributed by atoms with Gasteiger partial charge in [0.1, 0.15) is 0 Å². The molecular weight excluding hydrogens is 256 g/mol. The fourth-order valence-corrected chi connectivity index (χ4v) is 1.83. The zero-order valence-corrected chi connectivity index (χ0v) is 11.2. The van der Waals surface area contributed by atoms with Crippen LogP contribution in [0.15, 0.2) is 12.1 Å². The van der Waals surface area contributed by atoms with Gasteiger partial charge in [0.05, 0.1) is 15.6 Å². The molecule has 0 bridgehead atoms. The molecule has 0 fully saturated rings. The second-order valence-electron chi connectivity index (χ2n) is 4.37. The van der Waals surface area contributed by atoms with Gasteiger partial charge in [0.2, 0.25) is 0 Å². The number of nitrogens with zero attached hydrogens (tertiary/aromatic N) is 1. The molecule has 1 atom stereocenters. The molecule has 100 valence electrons. The van der Waals surface area contributed by atoms with Crippen molar-refractivity contribution in [1.82, 2.24) is 0 Å². The van der Waals surface area contributed by atoms with E-state index in [0.717, 1.165) is 0 Å². The van der Waals surface area contributed by atoms with E-state index in [4.69, 9.17) is 16.7 Å². The van der Waals surface area contributed by atoms with Gasteiger partial charge in [0.25, 0.3) is 5.69 Å². The van der Waals surface area contributed by atoms with Gasteiger partial charge in [0.15, 0.2) is 0 Å². The van der Waals surface area contributed by atoms with Gasteiger partial charge < -0.3 is 10.4 Å². The molecule has 0 radical (unpaired) electrons. The molecule has 0 aromatic heterocycles. The molecule has 0 spiro atoms. The fourth-order valence-electron chi connectivity index (χ4n) is 1.61. The highest BCUT2D eigenvalue weighted by atomic mass is 35.5. The first kappa shape index (κ1) is 14.7. The molecule has 0 aliphatic carbocycles. The summed E-state index contributed by atoms with van der Waals surface area (Å²) in [4.78, 5) is 10.3. The largest absolute Gasteiger partial charge is 0.396 e. The van der Waals surface area contributed by atoms with Crippen LogP contribution in [0.1, 0.15) is 18.9 Å². The van der Waals surface area contributed by atoms with Crippen LogP contribution in [0.3, 0.4) is 0 Å². The highest BCUT2D eigenvalue weighted by Gasteiger charge is 2.14. The molecule has 2 N–H and O–H groups in total. The summed E-state index contributed by atoms with van der Waals surface area (Å²) >= 11 is 5.99. The summed E-state index contributed by atoms with van der Waals surface area (Å²) in [6.45, 7) is 4.50.